The molecular formula is C24H27N3O4. The van der Waals surface area contributed by atoms with Crippen molar-refractivity contribution in [1.82, 2.24) is 10.2 Å². The van der Waals surface area contributed by atoms with Crippen LogP contribution in [0.4, 0.5) is 10.5 Å². The molecule has 2 aromatic carbocycles. The molecule has 7 nitrogen and oxygen atoms in total. The number of cyclic esters (lactones) is 1. The summed E-state index contributed by atoms with van der Waals surface area (Å²) < 4.78 is 5.67. The smallest absolute Gasteiger partial charge is 0.411 e. The highest BCUT2D eigenvalue weighted by Gasteiger charge is 2.47. The number of nitrogens with one attached hydrogen (secondary N) is 2. The third-order valence-electron chi connectivity index (χ3n) is 5.47. The lowest BCUT2D eigenvalue weighted by Crippen LogP contribution is -2.46. The summed E-state index contributed by atoms with van der Waals surface area (Å²) in [6.45, 7) is 2.25. The Bertz CT molecular complexity index is 941. The van der Waals surface area contributed by atoms with E-state index in [2.05, 4.69) is 10.6 Å². The lowest BCUT2D eigenvalue weighted by atomic mass is 10.00. The van der Waals surface area contributed by atoms with Crippen molar-refractivity contribution in [2.24, 2.45) is 0 Å². The van der Waals surface area contributed by atoms with Crippen LogP contribution in [0, 0.1) is 0 Å². The lowest BCUT2D eigenvalue weighted by molar-refractivity contribution is -0.126. The number of hydrogen-bond acceptors (Lipinski definition) is 4. The molecule has 0 radical (unpaired) electrons. The molecule has 1 saturated heterocycles. The van der Waals surface area contributed by atoms with Crippen molar-refractivity contribution in [3.63, 3.8) is 0 Å². The Balaban J connectivity index is 1.55. The summed E-state index contributed by atoms with van der Waals surface area (Å²) in [5.41, 5.74) is 2.32. The number of rotatable bonds is 8. The topological polar surface area (TPSA) is 87.7 Å². The Morgan fingerprint density at radius 1 is 1.06 bits per heavy atom. The molecule has 2 fully saturated rings. The standard InChI is InChI=1S/C24H27N3O4/c1-2-6-20(28)25-18-11-9-17(10-12-18)22-21(23(29)26-19-13-14-19)27(24(30)31-22)15-16-7-4-3-5-8-16/h3-5,7-12,19,21-22H,2,6,13-15H2,1H3,(H,25,28)(H,26,29). The Morgan fingerprint density at radius 2 is 1.77 bits per heavy atom. The summed E-state index contributed by atoms with van der Waals surface area (Å²) in [6.07, 6.45) is 1.93. The molecule has 2 unspecified atom stereocenters. The highest BCUT2D eigenvalue weighted by atomic mass is 16.6. The molecule has 1 aliphatic carbocycles. The number of anilines is 1. The minimum absolute atomic E-state index is 0.0433. The van der Waals surface area contributed by atoms with Crippen LogP contribution in [0.5, 0.6) is 0 Å². The van der Waals surface area contributed by atoms with E-state index < -0.39 is 18.2 Å². The molecule has 2 aromatic rings. The number of hydrogen-bond donors (Lipinski definition) is 2. The van der Waals surface area contributed by atoms with Crippen LogP contribution in [0.2, 0.25) is 0 Å². The average molecular weight is 421 g/mol. The molecule has 0 bridgehead atoms. The maximum atomic E-state index is 13.1. The van der Waals surface area contributed by atoms with E-state index in [1.54, 1.807) is 24.3 Å². The normalized spacial score (nSPS) is 20.3. The van der Waals surface area contributed by atoms with Crippen molar-refractivity contribution in [3.05, 3.63) is 65.7 Å². The zero-order valence-corrected chi connectivity index (χ0v) is 17.5. The summed E-state index contributed by atoms with van der Waals surface area (Å²) in [5.74, 6) is -0.243. The maximum Gasteiger partial charge on any atom is 0.411 e. The van der Waals surface area contributed by atoms with Crippen molar-refractivity contribution in [2.75, 3.05) is 5.32 Å². The monoisotopic (exact) mass is 421 g/mol. The molecule has 4 rings (SSSR count). The Hall–Kier alpha value is -3.35. The van der Waals surface area contributed by atoms with Crippen molar-refractivity contribution in [2.45, 2.75) is 57.3 Å². The number of carbonyl (C=O) groups excluding carboxylic acids is 3. The molecule has 3 amide bonds. The van der Waals surface area contributed by atoms with E-state index in [0.717, 1.165) is 24.8 Å². The van der Waals surface area contributed by atoms with Gasteiger partial charge in [0, 0.05) is 18.2 Å². The molecule has 1 aliphatic heterocycles. The van der Waals surface area contributed by atoms with Crippen LogP contribution in [0.15, 0.2) is 54.6 Å². The van der Waals surface area contributed by atoms with Crippen molar-refractivity contribution in [3.8, 4) is 0 Å². The van der Waals surface area contributed by atoms with Crippen LogP contribution in [-0.2, 0) is 20.9 Å². The SMILES string of the molecule is CCCC(=O)Nc1ccc(C2OC(=O)N(Cc3ccccc3)C2C(=O)NC2CC2)cc1. The fourth-order valence-electron chi connectivity index (χ4n) is 3.71. The van der Waals surface area contributed by atoms with Gasteiger partial charge in [0.05, 0.1) is 6.54 Å². The first-order chi connectivity index (χ1) is 15.0. The minimum atomic E-state index is -0.756. The molecule has 7 heteroatoms. The molecule has 162 valence electrons. The van der Waals surface area contributed by atoms with Crippen molar-refractivity contribution >= 4 is 23.6 Å². The van der Waals surface area contributed by atoms with Gasteiger partial charge in [-0.1, -0.05) is 49.4 Å². The van der Waals surface area contributed by atoms with E-state index in [-0.39, 0.29) is 17.9 Å². The molecule has 0 aromatic heterocycles. The van der Waals surface area contributed by atoms with Gasteiger partial charge in [0.1, 0.15) is 0 Å². The second-order valence-corrected chi connectivity index (χ2v) is 8.07. The van der Waals surface area contributed by atoms with E-state index in [0.29, 0.717) is 24.2 Å². The largest absolute Gasteiger partial charge is 0.438 e. The molecule has 1 heterocycles. The van der Waals surface area contributed by atoms with Gasteiger partial charge >= 0.3 is 6.09 Å². The van der Waals surface area contributed by atoms with E-state index >= 15 is 0 Å². The van der Waals surface area contributed by atoms with Crippen molar-refractivity contribution < 1.29 is 19.1 Å². The molecule has 2 atom stereocenters. The molecular weight excluding hydrogens is 394 g/mol. The van der Waals surface area contributed by atoms with E-state index in [9.17, 15) is 14.4 Å². The second kappa shape index (κ2) is 9.20. The third-order valence-corrected chi connectivity index (χ3v) is 5.47. The predicted molar refractivity (Wildman–Crippen MR) is 116 cm³/mol. The zero-order valence-electron chi connectivity index (χ0n) is 17.5. The molecule has 0 spiro atoms. The Labute approximate surface area is 181 Å². The molecule has 31 heavy (non-hydrogen) atoms. The lowest BCUT2D eigenvalue weighted by Gasteiger charge is -2.24. The van der Waals surface area contributed by atoms with E-state index in [4.69, 9.17) is 4.74 Å². The Morgan fingerprint density at radius 3 is 2.42 bits per heavy atom. The van der Waals surface area contributed by atoms with Gasteiger partial charge in [0.25, 0.3) is 0 Å². The quantitative estimate of drug-likeness (QED) is 0.679. The van der Waals surface area contributed by atoms with Crippen LogP contribution in [0.3, 0.4) is 0 Å². The second-order valence-electron chi connectivity index (χ2n) is 8.07. The predicted octanol–water partition coefficient (Wildman–Crippen LogP) is 3.77. The van der Waals surface area contributed by atoms with Gasteiger partial charge in [-0.05, 0) is 42.5 Å². The zero-order chi connectivity index (χ0) is 21.8. The van der Waals surface area contributed by atoms with Gasteiger partial charge in [-0.15, -0.1) is 0 Å². The number of nitrogens with zero attached hydrogens (tertiary/aromatic N) is 1. The van der Waals surface area contributed by atoms with Gasteiger partial charge in [-0.25, -0.2) is 4.79 Å². The van der Waals surface area contributed by atoms with Crippen LogP contribution < -0.4 is 10.6 Å². The van der Waals surface area contributed by atoms with Gasteiger partial charge in [0.2, 0.25) is 11.8 Å². The fraction of sp³-hybridized carbons (Fsp3) is 0.375. The minimum Gasteiger partial charge on any atom is -0.438 e. The van der Waals surface area contributed by atoms with Crippen molar-refractivity contribution in [1.29, 1.82) is 0 Å². The summed E-state index contributed by atoms with van der Waals surface area (Å²) in [4.78, 5) is 39.1. The first kappa shape index (κ1) is 20.9. The van der Waals surface area contributed by atoms with Crippen LogP contribution in [0.25, 0.3) is 0 Å². The van der Waals surface area contributed by atoms with Crippen LogP contribution >= 0.6 is 0 Å². The highest BCUT2D eigenvalue weighted by molar-refractivity contribution is 5.91. The number of amides is 3. The van der Waals surface area contributed by atoms with Gasteiger partial charge < -0.3 is 15.4 Å². The van der Waals surface area contributed by atoms with E-state index in [1.807, 2.05) is 37.3 Å². The number of ether oxygens (including phenoxy) is 1. The highest BCUT2D eigenvalue weighted by Crippen LogP contribution is 2.35. The van der Waals surface area contributed by atoms with Gasteiger partial charge in [-0.2, -0.15) is 0 Å². The van der Waals surface area contributed by atoms with Crippen LogP contribution in [0.1, 0.15) is 49.8 Å². The first-order valence-corrected chi connectivity index (χ1v) is 10.8. The number of carbonyl (C=O) groups is 3. The van der Waals surface area contributed by atoms with E-state index in [1.165, 1.54) is 4.90 Å². The fourth-order valence-corrected chi connectivity index (χ4v) is 3.71. The first-order valence-electron chi connectivity index (χ1n) is 10.8. The van der Waals surface area contributed by atoms with Gasteiger partial charge in [-0.3, -0.25) is 14.5 Å². The summed E-state index contributed by atoms with van der Waals surface area (Å²) >= 11 is 0. The summed E-state index contributed by atoms with van der Waals surface area (Å²) in [7, 11) is 0. The summed E-state index contributed by atoms with van der Waals surface area (Å²) in [6, 6.07) is 16.1. The molecule has 2 aliphatic rings. The third kappa shape index (κ3) is 5.05. The maximum absolute atomic E-state index is 13.1. The Kier molecular flexibility index (Phi) is 6.21. The summed E-state index contributed by atoms with van der Waals surface area (Å²) in [5, 5.41) is 5.86. The molecule has 2 N–H and O–H groups in total. The number of benzene rings is 2. The average Bonchev–Trinajstić information content (AvgIpc) is 3.52. The molecule has 1 saturated carbocycles. The van der Waals surface area contributed by atoms with Gasteiger partial charge in [0.15, 0.2) is 12.1 Å². The van der Waals surface area contributed by atoms with Crippen LogP contribution in [-0.4, -0.2) is 34.9 Å².